The summed E-state index contributed by atoms with van der Waals surface area (Å²) in [5, 5.41) is 0. The summed E-state index contributed by atoms with van der Waals surface area (Å²) in [5.74, 6) is -1.13. The van der Waals surface area contributed by atoms with Crippen molar-refractivity contribution < 1.29 is 23.5 Å². The minimum absolute atomic E-state index is 0.0408. The molecule has 0 aliphatic carbocycles. The Labute approximate surface area is 151 Å². The maximum Gasteiger partial charge on any atom is 0.279 e. The second-order valence-electron chi connectivity index (χ2n) is 5.48. The van der Waals surface area contributed by atoms with E-state index < -0.39 is 23.7 Å². The minimum atomic E-state index is -0.992. The van der Waals surface area contributed by atoms with Crippen molar-refractivity contribution in [2.75, 3.05) is 6.61 Å². The first-order valence-corrected chi connectivity index (χ1v) is 8.21. The molecule has 0 aliphatic heterocycles. The van der Waals surface area contributed by atoms with Crippen molar-refractivity contribution in [1.29, 1.82) is 0 Å². The quantitative estimate of drug-likeness (QED) is 0.744. The average molecular weight is 360 g/mol. The second kappa shape index (κ2) is 9.41. The molecule has 0 heterocycles. The summed E-state index contributed by atoms with van der Waals surface area (Å²) < 4.78 is 24.2. The third-order valence-electron chi connectivity index (χ3n) is 3.55. The van der Waals surface area contributed by atoms with Crippen LogP contribution >= 0.6 is 0 Å². The molecule has 0 fully saturated rings. The summed E-state index contributed by atoms with van der Waals surface area (Å²) in [5.41, 5.74) is 5.44. The van der Waals surface area contributed by atoms with E-state index >= 15 is 0 Å². The summed E-state index contributed by atoms with van der Waals surface area (Å²) in [6, 6.07) is 13.1. The third-order valence-corrected chi connectivity index (χ3v) is 3.55. The maximum absolute atomic E-state index is 13.5. The molecule has 138 valence electrons. The Morgan fingerprint density at radius 1 is 1.04 bits per heavy atom. The summed E-state index contributed by atoms with van der Waals surface area (Å²) in [6.07, 6.45) is -0.215. The molecule has 0 saturated heterocycles. The molecule has 26 heavy (non-hydrogen) atoms. The molecule has 0 aliphatic rings. The van der Waals surface area contributed by atoms with E-state index in [1.807, 2.05) is 25.1 Å². The first-order valence-electron chi connectivity index (χ1n) is 8.21. The van der Waals surface area contributed by atoms with Crippen molar-refractivity contribution in [2.45, 2.75) is 26.4 Å². The number of amides is 2. The highest BCUT2D eigenvalue weighted by atomic mass is 19.1. The Morgan fingerprint density at radius 2 is 1.69 bits per heavy atom. The van der Waals surface area contributed by atoms with Crippen LogP contribution in [0, 0.1) is 5.82 Å². The van der Waals surface area contributed by atoms with E-state index in [1.54, 1.807) is 12.1 Å². The Hall–Kier alpha value is -3.09. The van der Waals surface area contributed by atoms with E-state index in [9.17, 15) is 14.0 Å². The van der Waals surface area contributed by atoms with Crippen LogP contribution in [0.25, 0.3) is 0 Å². The zero-order valence-corrected chi connectivity index (χ0v) is 14.6. The molecule has 0 aromatic heterocycles. The number of halogens is 1. The van der Waals surface area contributed by atoms with Gasteiger partial charge in [0.15, 0.2) is 24.3 Å². The van der Waals surface area contributed by atoms with Gasteiger partial charge in [-0.05, 0) is 37.1 Å². The van der Waals surface area contributed by atoms with Crippen LogP contribution in [0.1, 0.15) is 19.4 Å². The van der Waals surface area contributed by atoms with Crippen molar-refractivity contribution in [2.24, 2.45) is 0 Å². The lowest BCUT2D eigenvalue weighted by Crippen LogP contribution is -2.48. The normalized spacial score (nSPS) is 11.3. The van der Waals surface area contributed by atoms with Crippen molar-refractivity contribution in [1.82, 2.24) is 10.9 Å². The van der Waals surface area contributed by atoms with Gasteiger partial charge in [-0.3, -0.25) is 20.4 Å². The number of nitrogens with one attached hydrogen (secondary N) is 2. The molecule has 2 N–H and O–H groups in total. The highest BCUT2D eigenvalue weighted by molar-refractivity contribution is 5.85. The SMILES string of the molecule is CCc1ccccc1OCC(=O)NNC(=O)C(C)Oc1ccccc1F. The third kappa shape index (κ3) is 5.47. The molecular formula is C19H21FN2O4. The molecule has 1 unspecified atom stereocenters. The fourth-order valence-electron chi connectivity index (χ4n) is 2.13. The van der Waals surface area contributed by atoms with Gasteiger partial charge in [0.05, 0.1) is 0 Å². The number of aryl methyl sites for hydroxylation is 1. The lowest BCUT2D eigenvalue weighted by atomic mass is 10.1. The number of para-hydroxylation sites is 2. The maximum atomic E-state index is 13.5. The number of hydrazine groups is 1. The van der Waals surface area contributed by atoms with Crippen LogP contribution in [0.15, 0.2) is 48.5 Å². The molecule has 2 amide bonds. The largest absolute Gasteiger partial charge is 0.483 e. The molecule has 0 bridgehead atoms. The van der Waals surface area contributed by atoms with E-state index in [1.165, 1.54) is 25.1 Å². The lowest BCUT2D eigenvalue weighted by molar-refractivity contribution is -0.133. The standard InChI is InChI=1S/C19H21FN2O4/c1-3-14-8-4-6-10-16(14)25-12-18(23)21-22-19(24)13(2)26-17-11-7-5-9-15(17)20/h4-11,13H,3,12H2,1-2H3,(H,21,23)(H,22,24). The molecule has 1 atom stereocenters. The molecule has 0 saturated carbocycles. The Morgan fingerprint density at radius 3 is 2.38 bits per heavy atom. The van der Waals surface area contributed by atoms with Gasteiger partial charge in [-0.15, -0.1) is 0 Å². The number of carbonyl (C=O) groups excluding carboxylic acids is 2. The van der Waals surface area contributed by atoms with Crippen molar-refractivity contribution in [3.05, 3.63) is 59.9 Å². The molecule has 6 nitrogen and oxygen atoms in total. The van der Waals surface area contributed by atoms with Crippen LogP contribution in [-0.4, -0.2) is 24.5 Å². The van der Waals surface area contributed by atoms with Gasteiger partial charge in [-0.25, -0.2) is 4.39 Å². The van der Waals surface area contributed by atoms with Gasteiger partial charge in [-0.1, -0.05) is 37.3 Å². The zero-order valence-electron chi connectivity index (χ0n) is 14.6. The van der Waals surface area contributed by atoms with Gasteiger partial charge in [0.1, 0.15) is 5.75 Å². The van der Waals surface area contributed by atoms with Crippen LogP contribution in [0.2, 0.25) is 0 Å². The minimum Gasteiger partial charge on any atom is -0.483 e. The molecular weight excluding hydrogens is 339 g/mol. The van der Waals surface area contributed by atoms with Crippen LogP contribution in [0.4, 0.5) is 4.39 Å². The fraction of sp³-hybridized carbons (Fsp3) is 0.263. The van der Waals surface area contributed by atoms with Crippen LogP contribution in [0.5, 0.6) is 11.5 Å². The van der Waals surface area contributed by atoms with Gasteiger partial charge in [-0.2, -0.15) is 0 Å². The monoisotopic (exact) mass is 360 g/mol. The summed E-state index contributed by atoms with van der Waals surface area (Å²) in [6.45, 7) is 3.18. The molecule has 0 spiro atoms. The number of hydrogen-bond acceptors (Lipinski definition) is 4. The average Bonchev–Trinajstić information content (AvgIpc) is 2.66. The predicted molar refractivity (Wildman–Crippen MR) is 94.1 cm³/mol. The number of carbonyl (C=O) groups is 2. The molecule has 2 aromatic carbocycles. The topological polar surface area (TPSA) is 76.7 Å². The van der Waals surface area contributed by atoms with Crippen molar-refractivity contribution in [3.8, 4) is 11.5 Å². The van der Waals surface area contributed by atoms with Crippen LogP contribution in [0.3, 0.4) is 0 Å². The number of ether oxygens (including phenoxy) is 2. The Balaban J connectivity index is 1.77. The summed E-state index contributed by atoms with van der Waals surface area (Å²) in [7, 11) is 0. The predicted octanol–water partition coefficient (Wildman–Crippen LogP) is 2.38. The zero-order chi connectivity index (χ0) is 18.9. The molecule has 0 radical (unpaired) electrons. The smallest absolute Gasteiger partial charge is 0.279 e. The summed E-state index contributed by atoms with van der Waals surface area (Å²) >= 11 is 0. The van der Waals surface area contributed by atoms with E-state index in [-0.39, 0.29) is 12.4 Å². The first kappa shape index (κ1) is 19.2. The fourth-order valence-corrected chi connectivity index (χ4v) is 2.13. The highest BCUT2D eigenvalue weighted by Crippen LogP contribution is 2.18. The van der Waals surface area contributed by atoms with E-state index in [2.05, 4.69) is 10.9 Å². The van der Waals surface area contributed by atoms with Crippen LogP contribution in [-0.2, 0) is 16.0 Å². The van der Waals surface area contributed by atoms with Gasteiger partial charge in [0, 0.05) is 0 Å². The van der Waals surface area contributed by atoms with Gasteiger partial charge < -0.3 is 9.47 Å². The highest BCUT2D eigenvalue weighted by Gasteiger charge is 2.17. The first-order chi connectivity index (χ1) is 12.5. The number of hydrogen-bond donors (Lipinski definition) is 2. The van der Waals surface area contributed by atoms with Crippen molar-refractivity contribution >= 4 is 11.8 Å². The van der Waals surface area contributed by atoms with Gasteiger partial charge in [0.25, 0.3) is 11.8 Å². The van der Waals surface area contributed by atoms with Crippen molar-refractivity contribution in [3.63, 3.8) is 0 Å². The number of rotatable bonds is 7. The molecule has 2 aromatic rings. The molecule has 7 heteroatoms. The van der Waals surface area contributed by atoms with Gasteiger partial charge >= 0.3 is 0 Å². The van der Waals surface area contributed by atoms with E-state index in [0.717, 1.165) is 12.0 Å². The Bertz CT molecular complexity index is 767. The number of benzene rings is 2. The molecule has 2 rings (SSSR count). The van der Waals surface area contributed by atoms with Crippen LogP contribution < -0.4 is 20.3 Å². The van der Waals surface area contributed by atoms with Gasteiger partial charge in [0.2, 0.25) is 0 Å². The summed E-state index contributed by atoms with van der Waals surface area (Å²) in [4.78, 5) is 23.7. The lowest BCUT2D eigenvalue weighted by Gasteiger charge is -2.16. The second-order valence-corrected chi connectivity index (χ2v) is 5.48. The Kier molecular flexibility index (Phi) is 6.96. The van der Waals surface area contributed by atoms with E-state index in [4.69, 9.17) is 9.47 Å². The van der Waals surface area contributed by atoms with E-state index in [0.29, 0.717) is 5.75 Å².